The van der Waals surface area contributed by atoms with Crippen LogP contribution in [0.5, 0.6) is 0 Å². The fraction of sp³-hybridized carbons (Fsp3) is 0.824. The molecule has 0 spiro atoms. The summed E-state index contributed by atoms with van der Waals surface area (Å²) in [5, 5.41) is 22.7. The highest BCUT2D eigenvalue weighted by Crippen LogP contribution is 2.19. The van der Waals surface area contributed by atoms with Gasteiger partial charge < -0.3 is 25.6 Å². The van der Waals surface area contributed by atoms with E-state index in [1.807, 2.05) is 0 Å². The van der Waals surface area contributed by atoms with Crippen LogP contribution in [-0.4, -0.2) is 60.4 Å². The number of hydrogen-bond donors (Lipinski definition) is 4. The molecule has 0 aromatic heterocycles. The summed E-state index contributed by atoms with van der Waals surface area (Å²) in [7, 11) is 0. The molecule has 0 fully saturated rings. The van der Waals surface area contributed by atoms with E-state index in [4.69, 9.17) is 14.9 Å². The Hall–Kier alpha value is -1.67. The maximum absolute atomic E-state index is 12.4. The van der Waals surface area contributed by atoms with Gasteiger partial charge in [-0.05, 0) is 19.3 Å². The minimum Gasteiger partial charge on any atom is -0.449 e. The van der Waals surface area contributed by atoms with Gasteiger partial charge in [-0.1, -0.05) is 20.8 Å². The Bertz CT molecular complexity index is 420. The lowest BCUT2D eigenvalue weighted by atomic mass is 9.84. The highest BCUT2D eigenvalue weighted by molar-refractivity contribution is 5.92. The van der Waals surface area contributed by atoms with Gasteiger partial charge in [-0.15, -0.1) is 0 Å². The molecule has 0 aromatic rings. The van der Waals surface area contributed by atoms with Crippen LogP contribution in [0.15, 0.2) is 0 Å². The largest absolute Gasteiger partial charge is 0.449 e. The number of amides is 2. The zero-order valence-corrected chi connectivity index (χ0v) is 15.5. The first-order valence-electron chi connectivity index (χ1n) is 8.68. The summed E-state index contributed by atoms with van der Waals surface area (Å²) in [5.41, 5.74) is -0.577. The van der Waals surface area contributed by atoms with E-state index in [-0.39, 0.29) is 37.9 Å². The second kappa shape index (κ2) is 12.7. The van der Waals surface area contributed by atoms with Gasteiger partial charge in [0.15, 0.2) is 5.78 Å². The van der Waals surface area contributed by atoms with E-state index in [1.165, 1.54) is 0 Å². The number of carbonyl (C=O) groups excluding carboxylic acids is 3. The average Bonchev–Trinajstić information content (AvgIpc) is 2.52. The van der Waals surface area contributed by atoms with Crippen LogP contribution >= 0.6 is 0 Å². The van der Waals surface area contributed by atoms with Crippen molar-refractivity contribution >= 4 is 17.8 Å². The van der Waals surface area contributed by atoms with Crippen LogP contribution in [-0.2, 0) is 14.3 Å². The summed E-state index contributed by atoms with van der Waals surface area (Å²) in [4.78, 5) is 35.4. The zero-order valence-electron chi connectivity index (χ0n) is 15.5. The Kier molecular flexibility index (Phi) is 11.8. The Labute approximate surface area is 149 Å². The number of ether oxygens (including phenoxy) is 1. The lowest BCUT2D eigenvalue weighted by molar-refractivity contribution is -0.132. The van der Waals surface area contributed by atoms with Gasteiger partial charge >= 0.3 is 6.09 Å². The minimum atomic E-state index is -0.601. The van der Waals surface area contributed by atoms with Crippen molar-refractivity contribution in [2.45, 2.75) is 58.9 Å². The molecule has 0 radical (unpaired) electrons. The first kappa shape index (κ1) is 23.3. The second-order valence-electron chi connectivity index (χ2n) is 6.84. The number of aliphatic hydroxyl groups is 2. The molecule has 0 aliphatic rings. The lowest BCUT2D eigenvalue weighted by Gasteiger charge is -2.25. The first-order valence-corrected chi connectivity index (χ1v) is 8.68. The van der Waals surface area contributed by atoms with E-state index in [0.29, 0.717) is 32.2 Å². The van der Waals surface area contributed by atoms with E-state index in [9.17, 15) is 14.4 Å². The number of Topliss-reactive ketones (excluding diaryl/α,β-unsaturated/α-hetero) is 1. The molecule has 0 aliphatic carbocycles. The molecule has 146 valence electrons. The predicted molar refractivity (Wildman–Crippen MR) is 93.0 cm³/mol. The fourth-order valence-electron chi connectivity index (χ4n) is 2.10. The van der Waals surface area contributed by atoms with Gasteiger partial charge in [-0.3, -0.25) is 9.59 Å². The monoisotopic (exact) mass is 360 g/mol. The molecule has 0 aromatic carbocycles. The highest BCUT2D eigenvalue weighted by Gasteiger charge is 2.30. The standard InChI is InChI=1S/C17H32N2O6/c1-17(2,3)15(23)13(19-14(22)8-11-21)7-4-5-9-18-16(24)25-12-6-10-20/h13,20-21H,4-12H2,1-3H3,(H,18,24)(H,19,22). The third kappa shape index (κ3) is 11.5. The summed E-state index contributed by atoms with van der Waals surface area (Å²) in [6.07, 6.45) is 1.58. The molecule has 4 N–H and O–H groups in total. The van der Waals surface area contributed by atoms with Crippen LogP contribution in [0, 0.1) is 5.41 Å². The van der Waals surface area contributed by atoms with Crippen LogP contribution in [0.25, 0.3) is 0 Å². The molecular formula is C17H32N2O6. The Morgan fingerprint density at radius 1 is 1.04 bits per heavy atom. The number of alkyl carbamates (subject to hydrolysis) is 1. The van der Waals surface area contributed by atoms with E-state index >= 15 is 0 Å². The fourth-order valence-corrected chi connectivity index (χ4v) is 2.10. The minimum absolute atomic E-state index is 0.0293. The summed E-state index contributed by atoms with van der Waals surface area (Å²) < 4.78 is 4.83. The van der Waals surface area contributed by atoms with E-state index in [0.717, 1.165) is 0 Å². The van der Waals surface area contributed by atoms with Crippen LogP contribution in [0.4, 0.5) is 4.79 Å². The topological polar surface area (TPSA) is 125 Å². The molecule has 8 nitrogen and oxygen atoms in total. The van der Waals surface area contributed by atoms with Crippen molar-refractivity contribution in [3.8, 4) is 0 Å². The number of carbonyl (C=O) groups is 3. The van der Waals surface area contributed by atoms with Crippen molar-refractivity contribution in [2.24, 2.45) is 5.41 Å². The van der Waals surface area contributed by atoms with Crippen LogP contribution in [0.1, 0.15) is 52.9 Å². The normalized spacial score (nSPS) is 12.4. The molecule has 2 amide bonds. The van der Waals surface area contributed by atoms with Gasteiger partial charge in [0.1, 0.15) is 0 Å². The zero-order chi connectivity index (χ0) is 19.3. The smallest absolute Gasteiger partial charge is 0.407 e. The number of aliphatic hydroxyl groups excluding tert-OH is 2. The van der Waals surface area contributed by atoms with Gasteiger partial charge in [0.05, 0.1) is 19.3 Å². The third-order valence-corrected chi connectivity index (χ3v) is 3.45. The Balaban J connectivity index is 4.24. The number of rotatable bonds is 12. The molecule has 0 heterocycles. The van der Waals surface area contributed by atoms with Crippen LogP contribution in [0.3, 0.4) is 0 Å². The van der Waals surface area contributed by atoms with Crippen molar-refractivity contribution in [3.05, 3.63) is 0 Å². The van der Waals surface area contributed by atoms with E-state index in [1.54, 1.807) is 20.8 Å². The predicted octanol–water partition coefficient (Wildman–Crippen LogP) is 0.748. The second-order valence-corrected chi connectivity index (χ2v) is 6.84. The van der Waals surface area contributed by atoms with E-state index < -0.39 is 17.6 Å². The Morgan fingerprint density at radius 3 is 2.28 bits per heavy atom. The molecule has 1 unspecified atom stereocenters. The van der Waals surface area contributed by atoms with Crippen LogP contribution < -0.4 is 10.6 Å². The lowest BCUT2D eigenvalue weighted by Crippen LogP contribution is -2.45. The van der Waals surface area contributed by atoms with Gasteiger partial charge in [0, 0.05) is 31.4 Å². The first-order chi connectivity index (χ1) is 11.7. The van der Waals surface area contributed by atoms with Gasteiger partial charge in [-0.2, -0.15) is 0 Å². The van der Waals surface area contributed by atoms with Crippen molar-refractivity contribution in [2.75, 3.05) is 26.4 Å². The number of hydrogen-bond acceptors (Lipinski definition) is 6. The summed E-state index contributed by atoms with van der Waals surface area (Å²) in [5.74, 6) is -0.411. The van der Waals surface area contributed by atoms with Crippen LogP contribution in [0.2, 0.25) is 0 Å². The SMILES string of the molecule is CC(C)(C)C(=O)C(CCCCNC(=O)OCCCO)NC(=O)CCO. The molecule has 0 saturated carbocycles. The third-order valence-electron chi connectivity index (χ3n) is 3.45. The summed E-state index contributed by atoms with van der Waals surface area (Å²) in [6, 6.07) is -0.601. The van der Waals surface area contributed by atoms with E-state index in [2.05, 4.69) is 10.6 Å². The Morgan fingerprint density at radius 2 is 1.72 bits per heavy atom. The highest BCUT2D eigenvalue weighted by atomic mass is 16.5. The maximum atomic E-state index is 12.4. The average molecular weight is 360 g/mol. The molecular weight excluding hydrogens is 328 g/mol. The molecule has 8 heteroatoms. The number of unbranched alkanes of at least 4 members (excludes halogenated alkanes) is 1. The summed E-state index contributed by atoms with van der Waals surface area (Å²) in [6.45, 7) is 5.67. The van der Waals surface area contributed by atoms with Gasteiger partial charge in [-0.25, -0.2) is 4.79 Å². The number of nitrogens with one attached hydrogen (secondary N) is 2. The quantitative estimate of drug-likeness (QED) is 0.381. The van der Waals surface area contributed by atoms with Crippen molar-refractivity contribution in [1.29, 1.82) is 0 Å². The van der Waals surface area contributed by atoms with Crippen molar-refractivity contribution in [3.63, 3.8) is 0 Å². The number of ketones is 1. The maximum Gasteiger partial charge on any atom is 0.407 e. The molecule has 25 heavy (non-hydrogen) atoms. The summed E-state index contributed by atoms with van der Waals surface area (Å²) >= 11 is 0. The molecule has 0 saturated heterocycles. The molecule has 1 atom stereocenters. The van der Waals surface area contributed by atoms with Gasteiger partial charge in [0.2, 0.25) is 5.91 Å². The van der Waals surface area contributed by atoms with Crippen molar-refractivity contribution in [1.82, 2.24) is 10.6 Å². The molecule has 0 aliphatic heterocycles. The molecule has 0 rings (SSSR count). The van der Waals surface area contributed by atoms with Gasteiger partial charge in [0.25, 0.3) is 0 Å². The molecule has 0 bridgehead atoms. The van der Waals surface area contributed by atoms with Crippen molar-refractivity contribution < 1.29 is 29.3 Å².